The average molecular weight is 381 g/mol. The maximum absolute atomic E-state index is 10.8. The Morgan fingerprint density at radius 3 is 2.74 bits per heavy atom. The van der Waals surface area contributed by atoms with E-state index in [-0.39, 0.29) is 41.7 Å². The molecule has 1 heterocycles. The van der Waals surface area contributed by atoms with Gasteiger partial charge in [0.15, 0.2) is 0 Å². The number of rotatable bonds is 6. The van der Waals surface area contributed by atoms with Crippen LogP contribution in [0.2, 0.25) is 0 Å². The fourth-order valence-electron chi connectivity index (χ4n) is 2.12. The van der Waals surface area contributed by atoms with Gasteiger partial charge >= 0.3 is 29.6 Å². The fourth-order valence-corrected chi connectivity index (χ4v) is 3.96. The van der Waals surface area contributed by atoms with Gasteiger partial charge in [-0.3, -0.25) is 0 Å². The molecule has 0 atom stereocenters. The summed E-state index contributed by atoms with van der Waals surface area (Å²) in [5, 5.41) is 0.930. The van der Waals surface area contributed by atoms with Crippen LogP contribution in [0.5, 0.6) is 5.75 Å². The van der Waals surface area contributed by atoms with Crippen LogP contribution in [-0.4, -0.2) is 37.2 Å². The van der Waals surface area contributed by atoms with Crippen LogP contribution in [0.1, 0.15) is 13.3 Å². The van der Waals surface area contributed by atoms with Crippen molar-refractivity contribution >= 4 is 44.6 Å². The number of benzene rings is 1. The standard InChI is InChI=1S/C14H17NO4S3.Na/c1-10(20)8-14-15(6-3-7-22(16,17)18)12-9-11(19-2)4-5-13(12)21-14;/h4-5,8-9H,3,6-7H2,1-2H3,(H,16,17,18);/q;+1/p-1/b14-8+;. The minimum Gasteiger partial charge on any atom is -0.748 e. The van der Waals surface area contributed by atoms with Crippen LogP contribution in [0.15, 0.2) is 34.2 Å². The molecule has 0 saturated heterocycles. The van der Waals surface area contributed by atoms with E-state index in [1.807, 2.05) is 36.1 Å². The Balaban J connectivity index is 0.00000264. The summed E-state index contributed by atoms with van der Waals surface area (Å²) in [6, 6.07) is 5.72. The van der Waals surface area contributed by atoms with Crippen LogP contribution in [-0.2, 0) is 10.1 Å². The van der Waals surface area contributed by atoms with E-state index in [4.69, 9.17) is 17.0 Å². The van der Waals surface area contributed by atoms with Crippen LogP contribution in [0.4, 0.5) is 5.69 Å². The largest absolute Gasteiger partial charge is 1.00 e. The number of methoxy groups -OCH3 is 1. The Morgan fingerprint density at radius 1 is 1.48 bits per heavy atom. The molecule has 0 N–H and O–H groups in total. The molecule has 1 aliphatic heterocycles. The van der Waals surface area contributed by atoms with Gasteiger partial charge in [0, 0.05) is 28.1 Å². The summed E-state index contributed by atoms with van der Waals surface area (Å²) in [5.74, 6) is 0.346. The zero-order valence-corrected chi connectivity index (χ0v) is 17.7. The van der Waals surface area contributed by atoms with Crippen molar-refractivity contribution in [3.8, 4) is 5.75 Å². The first-order chi connectivity index (χ1) is 10.3. The predicted octanol–water partition coefficient (Wildman–Crippen LogP) is -0.222. The van der Waals surface area contributed by atoms with E-state index >= 15 is 0 Å². The van der Waals surface area contributed by atoms with Gasteiger partial charge in [-0.1, -0.05) is 24.0 Å². The van der Waals surface area contributed by atoms with E-state index in [1.165, 1.54) is 0 Å². The number of hydrogen-bond acceptors (Lipinski definition) is 7. The van der Waals surface area contributed by atoms with Crippen molar-refractivity contribution in [2.75, 3.05) is 24.3 Å². The Bertz CT molecular complexity index is 719. The maximum atomic E-state index is 10.8. The third kappa shape index (κ3) is 6.04. The number of allylic oxidation sites excluding steroid dienone is 1. The Kier molecular flexibility index (Phi) is 8.06. The number of ether oxygens (including phenoxy) is 1. The SMILES string of the molecule is COc1ccc2c(c1)N(CCCS(=O)(=O)[O-])/C(=C\C(C)=S)S2.[Na+]. The third-order valence-electron chi connectivity index (χ3n) is 3.04. The van der Waals surface area contributed by atoms with Gasteiger partial charge < -0.3 is 14.2 Å². The summed E-state index contributed by atoms with van der Waals surface area (Å²) in [4.78, 5) is 3.76. The van der Waals surface area contributed by atoms with Crippen LogP contribution in [0.25, 0.3) is 0 Å². The van der Waals surface area contributed by atoms with E-state index < -0.39 is 10.1 Å². The molecule has 9 heteroatoms. The van der Waals surface area contributed by atoms with Gasteiger partial charge in [-0.25, -0.2) is 8.42 Å². The van der Waals surface area contributed by atoms with Gasteiger partial charge in [-0.05, 0) is 31.6 Å². The molecule has 1 aliphatic rings. The summed E-state index contributed by atoms with van der Waals surface area (Å²) in [6.45, 7) is 2.26. The monoisotopic (exact) mass is 381 g/mol. The van der Waals surface area contributed by atoms with Crippen molar-refractivity contribution in [1.29, 1.82) is 0 Å². The van der Waals surface area contributed by atoms with Gasteiger partial charge in [0.2, 0.25) is 0 Å². The van der Waals surface area contributed by atoms with Gasteiger partial charge in [0.25, 0.3) is 0 Å². The number of thiocarbonyl (C=S) groups is 1. The molecule has 0 aliphatic carbocycles. The van der Waals surface area contributed by atoms with Crippen molar-refractivity contribution in [3.05, 3.63) is 29.3 Å². The first-order valence-electron chi connectivity index (χ1n) is 6.59. The average Bonchev–Trinajstić information content (AvgIpc) is 2.73. The predicted molar refractivity (Wildman–Crippen MR) is 91.7 cm³/mol. The maximum Gasteiger partial charge on any atom is 1.00 e. The number of hydrogen-bond donors (Lipinski definition) is 0. The van der Waals surface area contributed by atoms with Gasteiger partial charge in [-0.2, -0.15) is 0 Å². The molecule has 1 aromatic carbocycles. The van der Waals surface area contributed by atoms with E-state index in [2.05, 4.69) is 0 Å². The molecule has 23 heavy (non-hydrogen) atoms. The molecule has 0 aromatic heterocycles. The van der Waals surface area contributed by atoms with Crippen molar-refractivity contribution in [2.45, 2.75) is 18.2 Å². The molecule has 5 nitrogen and oxygen atoms in total. The molecule has 0 fully saturated rings. The first kappa shape index (κ1) is 21.0. The minimum absolute atomic E-state index is 0. The third-order valence-corrected chi connectivity index (χ3v) is 5.06. The molecule has 0 radical (unpaired) electrons. The zero-order valence-electron chi connectivity index (χ0n) is 13.2. The summed E-state index contributed by atoms with van der Waals surface area (Å²) in [7, 11) is -2.61. The van der Waals surface area contributed by atoms with Crippen LogP contribution in [0, 0.1) is 0 Å². The zero-order chi connectivity index (χ0) is 16.3. The van der Waals surface area contributed by atoms with E-state index in [9.17, 15) is 13.0 Å². The van der Waals surface area contributed by atoms with Crippen molar-refractivity contribution in [1.82, 2.24) is 0 Å². The van der Waals surface area contributed by atoms with Crippen LogP contribution >= 0.6 is 24.0 Å². The number of nitrogens with zero attached hydrogens (tertiary/aromatic N) is 1. The van der Waals surface area contributed by atoms with Crippen LogP contribution < -0.4 is 39.2 Å². The molecule has 1 aromatic rings. The molecule has 0 amide bonds. The molecule has 120 valence electrons. The van der Waals surface area contributed by atoms with Crippen molar-refractivity contribution in [2.24, 2.45) is 0 Å². The van der Waals surface area contributed by atoms with Crippen molar-refractivity contribution in [3.63, 3.8) is 0 Å². The van der Waals surface area contributed by atoms with Gasteiger partial charge in [0.05, 0.1) is 27.9 Å². The fraction of sp³-hybridized carbons (Fsp3) is 0.357. The molecular formula is C14H16NNaO4S3. The van der Waals surface area contributed by atoms with E-state index in [1.54, 1.807) is 18.9 Å². The molecule has 2 rings (SSSR count). The summed E-state index contributed by atoms with van der Waals surface area (Å²) < 4.78 is 37.6. The van der Waals surface area contributed by atoms with Crippen molar-refractivity contribution < 1.29 is 47.3 Å². The summed E-state index contributed by atoms with van der Waals surface area (Å²) in [6.07, 6.45) is 2.13. The van der Waals surface area contributed by atoms with Gasteiger partial charge in [-0.15, -0.1) is 0 Å². The second-order valence-electron chi connectivity index (χ2n) is 4.80. The minimum atomic E-state index is -4.20. The molecule has 0 saturated carbocycles. The number of anilines is 1. The summed E-state index contributed by atoms with van der Waals surface area (Å²) >= 11 is 6.70. The smallest absolute Gasteiger partial charge is 0.748 e. The molecular weight excluding hydrogens is 365 g/mol. The Hall–Kier alpha value is -0.0900. The van der Waals surface area contributed by atoms with Gasteiger partial charge in [0.1, 0.15) is 5.75 Å². The normalized spacial score (nSPS) is 15.3. The quantitative estimate of drug-likeness (QED) is 0.292. The number of thioether (sulfide) groups is 1. The van der Waals surface area contributed by atoms with E-state index in [0.29, 0.717) is 6.54 Å². The first-order valence-corrected chi connectivity index (χ1v) is 9.39. The van der Waals surface area contributed by atoms with E-state index in [0.717, 1.165) is 26.2 Å². The molecule has 0 bridgehead atoms. The topological polar surface area (TPSA) is 69.7 Å². The summed E-state index contributed by atoms with van der Waals surface area (Å²) in [5.41, 5.74) is 0.940. The molecule has 0 spiro atoms. The Morgan fingerprint density at radius 2 is 2.17 bits per heavy atom. The second-order valence-corrected chi connectivity index (χ2v) is 8.03. The Labute approximate surface area is 168 Å². The molecule has 0 unspecified atom stereocenters. The number of fused-ring (bicyclic) bond motifs is 1. The van der Waals surface area contributed by atoms with Crippen LogP contribution in [0.3, 0.4) is 0 Å². The second kappa shape index (κ2) is 8.84.